The van der Waals surface area contributed by atoms with Crippen molar-refractivity contribution < 1.29 is 9.59 Å². The SMILES string of the molecule is O=C1C(=Cc2ccc(CCCCc3ccccc3)cc2)C(=O)c2ccccc21. The third kappa shape index (κ3) is 3.86. The van der Waals surface area contributed by atoms with Crippen LogP contribution in [0.1, 0.15) is 50.2 Å². The Bertz CT molecular complexity index is 991. The van der Waals surface area contributed by atoms with Crippen LogP contribution in [-0.4, -0.2) is 11.6 Å². The maximum absolute atomic E-state index is 12.5. The Morgan fingerprint density at radius 1 is 0.571 bits per heavy atom. The monoisotopic (exact) mass is 366 g/mol. The van der Waals surface area contributed by atoms with Crippen molar-refractivity contribution in [3.63, 3.8) is 0 Å². The number of hydrogen-bond donors (Lipinski definition) is 0. The molecule has 0 saturated heterocycles. The topological polar surface area (TPSA) is 34.1 Å². The molecule has 3 aromatic rings. The van der Waals surface area contributed by atoms with Crippen LogP contribution in [0, 0.1) is 0 Å². The Labute approximate surface area is 165 Å². The minimum Gasteiger partial charge on any atom is -0.288 e. The van der Waals surface area contributed by atoms with E-state index in [1.807, 2.05) is 18.2 Å². The van der Waals surface area contributed by atoms with Crippen molar-refractivity contribution in [2.75, 3.05) is 0 Å². The maximum Gasteiger partial charge on any atom is 0.197 e. The average molecular weight is 366 g/mol. The first-order chi connectivity index (χ1) is 13.7. The van der Waals surface area contributed by atoms with Gasteiger partial charge in [0, 0.05) is 11.1 Å². The van der Waals surface area contributed by atoms with E-state index >= 15 is 0 Å². The van der Waals surface area contributed by atoms with Gasteiger partial charge in [0.15, 0.2) is 11.6 Å². The van der Waals surface area contributed by atoms with Gasteiger partial charge in [-0.3, -0.25) is 9.59 Å². The number of Topliss-reactive ketones (excluding diaryl/α,β-unsaturated/α-hetero) is 2. The molecular formula is C26H22O2. The summed E-state index contributed by atoms with van der Waals surface area (Å²) in [7, 11) is 0. The molecule has 4 rings (SSSR count). The van der Waals surface area contributed by atoms with E-state index in [9.17, 15) is 9.59 Å². The Morgan fingerprint density at radius 3 is 1.64 bits per heavy atom. The van der Waals surface area contributed by atoms with Gasteiger partial charge >= 0.3 is 0 Å². The zero-order valence-corrected chi connectivity index (χ0v) is 15.7. The van der Waals surface area contributed by atoms with Crippen LogP contribution < -0.4 is 0 Å². The molecule has 0 amide bonds. The molecule has 0 spiro atoms. The Hall–Kier alpha value is -3.26. The summed E-state index contributed by atoms with van der Waals surface area (Å²) in [5.74, 6) is -0.351. The van der Waals surface area contributed by atoms with Crippen LogP contribution in [0.15, 0.2) is 84.4 Å². The number of allylic oxidation sites excluding steroid dienone is 1. The van der Waals surface area contributed by atoms with Crippen LogP contribution >= 0.6 is 0 Å². The molecule has 0 radical (unpaired) electrons. The number of unbranched alkanes of at least 4 members (excludes halogenated alkanes) is 1. The summed E-state index contributed by atoms with van der Waals surface area (Å²) in [6, 6.07) is 25.7. The van der Waals surface area contributed by atoms with Gasteiger partial charge in [-0.1, -0.05) is 78.9 Å². The zero-order valence-electron chi connectivity index (χ0n) is 15.7. The Morgan fingerprint density at radius 2 is 1.07 bits per heavy atom. The number of ketones is 2. The van der Waals surface area contributed by atoms with Gasteiger partial charge in [0.2, 0.25) is 0 Å². The number of benzene rings is 3. The highest BCUT2D eigenvalue weighted by atomic mass is 16.2. The Kier molecular flexibility index (Phi) is 5.29. The number of carbonyl (C=O) groups is 2. The summed E-state index contributed by atoms with van der Waals surface area (Å²) in [5, 5.41) is 0. The first kappa shape index (κ1) is 18.1. The molecule has 0 aromatic heterocycles. The Balaban J connectivity index is 1.37. The largest absolute Gasteiger partial charge is 0.288 e. The molecule has 1 aliphatic carbocycles. The number of hydrogen-bond acceptors (Lipinski definition) is 2. The number of fused-ring (bicyclic) bond motifs is 1. The fourth-order valence-corrected chi connectivity index (χ4v) is 3.65. The van der Waals surface area contributed by atoms with E-state index in [2.05, 4.69) is 36.4 Å². The highest BCUT2D eigenvalue weighted by Gasteiger charge is 2.32. The van der Waals surface area contributed by atoms with E-state index in [0.29, 0.717) is 11.1 Å². The summed E-state index contributed by atoms with van der Waals surface area (Å²) >= 11 is 0. The molecule has 0 heterocycles. The van der Waals surface area contributed by atoms with Crippen molar-refractivity contribution in [3.05, 3.63) is 112 Å². The lowest BCUT2D eigenvalue weighted by molar-refractivity contribution is 0.0990. The number of carbonyl (C=O) groups excluding carboxylic acids is 2. The molecule has 0 aliphatic heterocycles. The van der Waals surface area contributed by atoms with Crippen LogP contribution in [0.2, 0.25) is 0 Å². The van der Waals surface area contributed by atoms with Gasteiger partial charge in [0.05, 0.1) is 5.57 Å². The third-order valence-electron chi connectivity index (χ3n) is 5.22. The van der Waals surface area contributed by atoms with Crippen molar-refractivity contribution in [1.82, 2.24) is 0 Å². The predicted octanol–water partition coefficient (Wildman–Crippen LogP) is 5.71. The van der Waals surface area contributed by atoms with Gasteiger partial charge in [-0.15, -0.1) is 0 Å². The summed E-state index contributed by atoms with van der Waals surface area (Å²) in [4.78, 5) is 25.0. The second-order valence-electron chi connectivity index (χ2n) is 7.20. The first-order valence-electron chi connectivity index (χ1n) is 9.75. The van der Waals surface area contributed by atoms with Gasteiger partial charge < -0.3 is 0 Å². The van der Waals surface area contributed by atoms with Crippen LogP contribution in [0.4, 0.5) is 0 Å². The second-order valence-corrected chi connectivity index (χ2v) is 7.20. The number of rotatable bonds is 6. The second kappa shape index (κ2) is 8.18. The normalized spacial score (nSPS) is 12.9. The molecule has 0 unspecified atom stereocenters. The molecular weight excluding hydrogens is 344 g/mol. The molecule has 0 N–H and O–H groups in total. The van der Waals surface area contributed by atoms with Crippen LogP contribution in [0.3, 0.4) is 0 Å². The first-order valence-corrected chi connectivity index (χ1v) is 9.75. The average Bonchev–Trinajstić information content (AvgIpc) is 2.98. The summed E-state index contributed by atoms with van der Waals surface area (Å²) < 4.78 is 0. The van der Waals surface area contributed by atoms with Crippen molar-refractivity contribution in [1.29, 1.82) is 0 Å². The van der Waals surface area contributed by atoms with Crippen LogP contribution in [0.5, 0.6) is 0 Å². The van der Waals surface area contributed by atoms with Gasteiger partial charge in [0.25, 0.3) is 0 Å². The van der Waals surface area contributed by atoms with E-state index in [-0.39, 0.29) is 17.1 Å². The molecule has 3 aromatic carbocycles. The quantitative estimate of drug-likeness (QED) is 0.318. The standard InChI is InChI=1S/C26H22O2/c27-25-22-12-6-7-13-23(22)26(28)24(25)18-21-16-14-20(15-17-21)11-5-4-10-19-8-2-1-3-9-19/h1-3,6-9,12-18H,4-5,10-11H2. The molecule has 0 bridgehead atoms. The van der Waals surface area contributed by atoms with Gasteiger partial charge in [0.1, 0.15) is 0 Å². The van der Waals surface area contributed by atoms with E-state index in [1.54, 1.807) is 30.3 Å². The van der Waals surface area contributed by atoms with E-state index in [4.69, 9.17) is 0 Å². The molecule has 28 heavy (non-hydrogen) atoms. The molecule has 2 heteroatoms. The lowest BCUT2D eigenvalue weighted by atomic mass is 10.0. The highest BCUT2D eigenvalue weighted by molar-refractivity contribution is 6.41. The van der Waals surface area contributed by atoms with E-state index in [1.165, 1.54) is 11.1 Å². The summed E-state index contributed by atoms with van der Waals surface area (Å²) in [6.07, 6.45) is 6.16. The predicted molar refractivity (Wildman–Crippen MR) is 113 cm³/mol. The zero-order chi connectivity index (χ0) is 19.3. The minimum absolute atomic E-state index is 0.175. The summed E-state index contributed by atoms with van der Waals surface area (Å²) in [5.41, 5.74) is 4.83. The van der Waals surface area contributed by atoms with Gasteiger partial charge in [-0.2, -0.15) is 0 Å². The van der Waals surface area contributed by atoms with Crippen molar-refractivity contribution in [2.45, 2.75) is 25.7 Å². The van der Waals surface area contributed by atoms with E-state index in [0.717, 1.165) is 31.2 Å². The maximum atomic E-state index is 12.5. The molecule has 0 fully saturated rings. The third-order valence-corrected chi connectivity index (χ3v) is 5.22. The number of aryl methyl sites for hydroxylation is 2. The molecule has 1 aliphatic rings. The van der Waals surface area contributed by atoms with Crippen LogP contribution in [-0.2, 0) is 12.8 Å². The lowest BCUT2D eigenvalue weighted by Gasteiger charge is -2.04. The van der Waals surface area contributed by atoms with E-state index < -0.39 is 0 Å². The molecule has 2 nitrogen and oxygen atoms in total. The van der Waals surface area contributed by atoms with Crippen molar-refractivity contribution >= 4 is 17.6 Å². The van der Waals surface area contributed by atoms with Crippen molar-refractivity contribution in [3.8, 4) is 0 Å². The van der Waals surface area contributed by atoms with Gasteiger partial charge in [-0.25, -0.2) is 0 Å². The lowest BCUT2D eigenvalue weighted by Crippen LogP contribution is -2.00. The molecule has 138 valence electrons. The fourth-order valence-electron chi connectivity index (χ4n) is 3.65. The molecule has 0 saturated carbocycles. The smallest absolute Gasteiger partial charge is 0.197 e. The van der Waals surface area contributed by atoms with Gasteiger partial charge in [-0.05, 0) is 48.4 Å². The minimum atomic E-state index is -0.175. The molecule has 0 atom stereocenters. The fraction of sp³-hybridized carbons (Fsp3) is 0.154. The summed E-state index contributed by atoms with van der Waals surface area (Å²) in [6.45, 7) is 0. The van der Waals surface area contributed by atoms with Crippen molar-refractivity contribution in [2.24, 2.45) is 0 Å². The van der Waals surface area contributed by atoms with Crippen LogP contribution in [0.25, 0.3) is 6.08 Å². The highest BCUT2D eigenvalue weighted by Crippen LogP contribution is 2.27.